The van der Waals surface area contributed by atoms with Gasteiger partial charge >= 0.3 is 23.8 Å². The molecule has 0 N–H and O–H groups in total. The van der Waals surface area contributed by atoms with E-state index in [-0.39, 0.29) is 27.9 Å². The summed E-state index contributed by atoms with van der Waals surface area (Å²) in [5.74, 6) is -3.43. The van der Waals surface area contributed by atoms with E-state index < -0.39 is 62.7 Å². The first-order chi connectivity index (χ1) is 15.6. The van der Waals surface area contributed by atoms with Gasteiger partial charge in [0, 0.05) is 13.1 Å². The van der Waals surface area contributed by atoms with Crippen molar-refractivity contribution in [2.45, 2.75) is 31.7 Å². The molecule has 0 aliphatic carbocycles. The van der Waals surface area contributed by atoms with Crippen LogP contribution in [-0.2, 0) is 32.2 Å². The van der Waals surface area contributed by atoms with Crippen LogP contribution < -0.4 is 11.2 Å². The summed E-state index contributed by atoms with van der Waals surface area (Å²) in [5, 5.41) is -0.501. The molecule has 1 atom stereocenters. The maximum atomic E-state index is 14.6. The monoisotopic (exact) mass is 508 g/mol. The van der Waals surface area contributed by atoms with Gasteiger partial charge in [-0.05, 0) is 26.0 Å². The van der Waals surface area contributed by atoms with E-state index in [9.17, 15) is 36.7 Å². The van der Waals surface area contributed by atoms with Crippen LogP contribution in [0.2, 0.25) is 5.02 Å². The van der Waals surface area contributed by atoms with Gasteiger partial charge in [0.25, 0.3) is 5.56 Å². The second-order valence-electron chi connectivity index (χ2n) is 7.78. The summed E-state index contributed by atoms with van der Waals surface area (Å²) < 4.78 is 69.0. The lowest BCUT2D eigenvalue weighted by atomic mass is 10.1. The molecule has 1 aromatic heterocycles. The Morgan fingerprint density at radius 3 is 2.38 bits per heavy atom. The summed E-state index contributed by atoms with van der Waals surface area (Å²) in [6.07, 6.45) is -5.26. The molecular weight excluding hydrogens is 492 g/mol. The van der Waals surface area contributed by atoms with E-state index in [0.717, 1.165) is 7.05 Å². The Kier molecular flexibility index (Phi) is 6.64. The number of epoxide rings is 1. The van der Waals surface area contributed by atoms with Crippen molar-refractivity contribution in [1.29, 1.82) is 0 Å². The largest absolute Gasteiger partial charge is 0.460 e. The van der Waals surface area contributed by atoms with Crippen molar-refractivity contribution < 1.29 is 41.4 Å². The van der Waals surface area contributed by atoms with E-state index in [1.54, 1.807) is 0 Å². The number of carbonyl (C=O) groups excluding carboxylic acids is 2. The predicted octanol–water partition coefficient (Wildman–Crippen LogP) is 2.22. The zero-order valence-corrected chi connectivity index (χ0v) is 18.6. The number of aromatic nitrogens is 2. The standard InChI is InChI=1S/C20H17ClF4N2O7/c1-19(2,17(30)33-8-9-7-32-9)34-16(29)10-4-13(12(22)5-11(10)21)27-15(28)6-14(20(23,24)25)26(3)18(27)31/h4-6,9H,7-8H2,1-3H3/t9-/m1/s1. The predicted molar refractivity (Wildman–Crippen MR) is 107 cm³/mol. The number of esters is 2. The molecule has 0 unspecified atom stereocenters. The van der Waals surface area contributed by atoms with Crippen LogP contribution in [0.1, 0.15) is 29.9 Å². The quantitative estimate of drug-likeness (QED) is 0.334. The van der Waals surface area contributed by atoms with Crippen LogP contribution in [0.5, 0.6) is 0 Å². The molecule has 1 fully saturated rings. The van der Waals surface area contributed by atoms with Crippen LogP contribution >= 0.6 is 11.6 Å². The second-order valence-corrected chi connectivity index (χ2v) is 8.19. The smallest absolute Gasteiger partial charge is 0.431 e. The molecule has 9 nitrogen and oxygen atoms in total. The summed E-state index contributed by atoms with van der Waals surface area (Å²) in [6.45, 7) is 2.80. The molecule has 2 heterocycles. The van der Waals surface area contributed by atoms with Gasteiger partial charge in [0.15, 0.2) is 0 Å². The Morgan fingerprint density at radius 2 is 1.82 bits per heavy atom. The minimum atomic E-state index is -5.02. The van der Waals surface area contributed by atoms with Crippen LogP contribution in [-0.4, -0.2) is 46.0 Å². The number of alkyl halides is 3. The Balaban J connectivity index is 1.99. The van der Waals surface area contributed by atoms with Gasteiger partial charge in [-0.15, -0.1) is 0 Å². The van der Waals surface area contributed by atoms with Crippen LogP contribution in [0.25, 0.3) is 5.69 Å². The molecule has 0 amide bonds. The Labute approximate surface area is 193 Å². The first-order valence-corrected chi connectivity index (χ1v) is 9.93. The average molecular weight is 509 g/mol. The van der Waals surface area contributed by atoms with Crippen LogP contribution in [0.15, 0.2) is 27.8 Å². The number of rotatable bonds is 6. The van der Waals surface area contributed by atoms with Gasteiger partial charge in [-0.2, -0.15) is 13.2 Å². The summed E-state index contributed by atoms with van der Waals surface area (Å²) in [7, 11) is 0.741. The summed E-state index contributed by atoms with van der Waals surface area (Å²) in [4.78, 5) is 49.6. The molecule has 184 valence electrons. The zero-order chi connectivity index (χ0) is 25.6. The number of ether oxygens (including phenoxy) is 3. The zero-order valence-electron chi connectivity index (χ0n) is 17.9. The molecule has 1 saturated heterocycles. The lowest BCUT2D eigenvalue weighted by molar-refractivity contribution is -0.163. The minimum Gasteiger partial charge on any atom is -0.460 e. The lowest BCUT2D eigenvalue weighted by Crippen LogP contribution is -2.41. The topological polar surface area (TPSA) is 109 Å². The third-order valence-electron chi connectivity index (χ3n) is 4.75. The Hall–Kier alpha value is -3.19. The number of hydrogen-bond acceptors (Lipinski definition) is 7. The molecule has 1 aliphatic heterocycles. The van der Waals surface area contributed by atoms with Gasteiger partial charge in [0.2, 0.25) is 5.60 Å². The fraction of sp³-hybridized carbons (Fsp3) is 0.400. The van der Waals surface area contributed by atoms with Crippen molar-refractivity contribution in [3.8, 4) is 5.69 Å². The van der Waals surface area contributed by atoms with E-state index in [4.69, 9.17) is 25.8 Å². The molecule has 34 heavy (non-hydrogen) atoms. The highest BCUT2D eigenvalue weighted by atomic mass is 35.5. The molecule has 3 rings (SSSR count). The molecule has 2 aromatic rings. The summed E-state index contributed by atoms with van der Waals surface area (Å²) >= 11 is 5.91. The first kappa shape index (κ1) is 25.4. The van der Waals surface area contributed by atoms with E-state index in [1.165, 1.54) is 13.8 Å². The number of benzene rings is 1. The van der Waals surface area contributed by atoms with Crippen molar-refractivity contribution in [2.24, 2.45) is 7.05 Å². The summed E-state index contributed by atoms with van der Waals surface area (Å²) in [6, 6.07) is 1.35. The van der Waals surface area contributed by atoms with Gasteiger partial charge in [0.05, 0.1) is 22.9 Å². The molecular formula is C20H17ClF4N2O7. The molecule has 14 heteroatoms. The van der Waals surface area contributed by atoms with Gasteiger partial charge < -0.3 is 14.2 Å². The third-order valence-corrected chi connectivity index (χ3v) is 5.06. The molecule has 1 aliphatic rings. The number of halogens is 5. The van der Waals surface area contributed by atoms with Gasteiger partial charge in [-0.3, -0.25) is 9.36 Å². The van der Waals surface area contributed by atoms with Crippen molar-refractivity contribution >= 4 is 23.5 Å². The second kappa shape index (κ2) is 8.87. The molecule has 0 radical (unpaired) electrons. The van der Waals surface area contributed by atoms with Gasteiger partial charge in [-0.1, -0.05) is 11.6 Å². The maximum Gasteiger partial charge on any atom is 0.431 e. The number of nitrogens with zero attached hydrogens (tertiary/aromatic N) is 2. The van der Waals surface area contributed by atoms with Crippen LogP contribution in [0.3, 0.4) is 0 Å². The normalized spacial score (nSPS) is 15.7. The fourth-order valence-electron chi connectivity index (χ4n) is 2.82. The summed E-state index contributed by atoms with van der Waals surface area (Å²) in [5.41, 5.74) is -7.79. The SMILES string of the molecule is Cn1c(C(F)(F)F)cc(=O)n(-c2cc(C(=O)OC(C)(C)C(=O)OC[C@H]3CO3)c(Cl)cc2F)c1=O. The van der Waals surface area contributed by atoms with Crippen molar-refractivity contribution in [1.82, 2.24) is 9.13 Å². The molecule has 0 spiro atoms. The molecule has 0 saturated carbocycles. The molecule has 0 bridgehead atoms. The van der Waals surface area contributed by atoms with Crippen LogP contribution in [0, 0.1) is 5.82 Å². The van der Waals surface area contributed by atoms with Crippen LogP contribution in [0.4, 0.5) is 17.6 Å². The average Bonchev–Trinajstić information content (AvgIpc) is 3.53. The third kappa shape index (κ3) is 5.14. The Bertz CT molecular complexity index is 1280. The fourth-order valence-corrected chi connectivity index (χ4v) is 3.05. The highest BCUT2D eigenvalue weighted by molar-refractivity contribution is 6.33. The van der Waals surface area contributed by atoms with Gasteiger partial charge in [-0.25, -0.2) is 23.3 Å². The van der Waals surface area contributed by atoms with E-state index in [2.05, 4.69) is 0 Å². The Morgan fingerprint density at radius 1 is 1.21 bits per heavy atom. The highest BCUT2D eigenvalue weighted by Crippen LogP contribution is 2.28. The first-order valence-electron chi connectivity index (χ1n) is 9.55. The highest BCUT2D eigenvalue weighted by Gasteiger charge is 2.37. The van der Waals surface area contributed by atoms with E-state index in [1.807, 2.05) is 0 Å². The van der Waals surface area contributed by atoms with E-state index in [0.29, 0.717) is 18.7 Å². The maximum absolute atomic E-state index is 14.6. The van der Waals surface area contributed by atoms with Crippen molar-refractivity contribution in [2.75, 3.05) is 13.2 Å². The number of carbonyl (C=O) groups is 2. The minimum absolute atomic E-state index is 0.0542. The lowest BCUT2D eigenvalue weighted by Gasteiger charge is -2.23. The van der Waals surface area contributed by atoms with Crippen molar-refractivity contribution in [3.05, 3.63) is 61.1 Å². The van der Waals surface area contributed by atoms with E-state index >= 15 is 0 Å². The number of hydrogen-bond donors (Lipinski definition) is 0. The van der Waals surface area contributed by atoms with Crippen molar-refractivity contribution in [3.63, 3.8) is 0 Å². The molecule has 1 aromatic carbocycles. The van der Waals surface area contributed by atoms with Gasteiger partial charge in [0.1, 0.15) is 24.2 Å².